The summed E-state index contributed by atoms with van der Waals surface area (Å²) in [6.45, 7) is 2.97. The molecule has 1 atom stereocenters. The Morgan fingerprint density at radius 1 is 0.850 bits per heavy atom. The standard InChI is InChI=1S/C17H21NO2/c1-13(2-3-14-4-8-16(19)9-5-14)18-12-15-6-10-17(20)11-7-15/h4-11,13,18-20H,2-3,12H2,1H3. The molecule has 0 aliphatic heterocycles. The monoisotopic (exact) mass is 271 g/mol. The fourth-order valence-electron chi connectivity index (χ4n) is 2.05. The largest absolute Gasteiger partial charge is 0.508 e. The smallest absolute Gasteiger partial charge is 0.115 e. The molecule has 3 heteroatoms. The van der Waals surface area contributed by atoms with Crippen LogP contribution in [0.4, 0.5) is 0 Å². The van der Waals surface area contributed by atoms with E-state index in [0.717, 1.165) is 19.4 Å². The minimum atomic E-state index is 0.300. The SMILES string of the molecule is CC(CCc1ccc(O)cc1)NCc1ccc(O)cc1. The van der Waals surface area contributed by atoms with Crippen molar-refractivity contribution < 1.29 is 10.2 Å². The van der Waals surface area contributed by atoms with E-state index in [1.54, 1.807) is 24.3 Å². The highest BCUT2D eigenvalue weighted by molar-refractivity contribution is 5.26. The maximum atomic E-state index is 9.23. The van der Waals surface area contributed by atoms with Crippen molar-refractivity contribution in [1.29, 1.82) is 0 Å². The van der Waals surface area contributed by atoms with Crippen LogP contribution in [0.25, 0.3) is 0 Å². The average molecular weight is 271 g/mol. The van der Waals surface area contributed by atoms with Crippen molar-refractivity contribution in [2.75, 3.05) is 0 Å². The minimum absolute atomic E-state index is 0.300. The number of aromatic hydroxyl groups is 2. The van der Waals surface area contributed by atoms with E-state index in [1.807, 2.05) is 24.3 Å². The van der Waals surface area contributed by atoms with Crippen LogP contribution in [-0.2, 0) is 13.0 Å². The van der Waals surface area contributed by atoms with Crippen molar-refractivity contribution in [3.63, 3.8) is 0 Å². The molecule has 1 unspecified atom stereocenters. The van der Waals surface area contributed by atoms with Crippen LogP contribution in [0, 0.1) is 0 Å². The lowest BCUT2D eigenvalue weighted by atomic mass is 10.1. The van der Waals surface area contributed by atoms with Gasteiger partial charge in [-0.05, 0) is 55.2 Å². The quantitative estimate of drug-likeness (QED) is 0.756. The second kappa shape index (κ2) is 6.96. The summed E-state index contributed by atoms with van der Waals surface area (Å²) >= 11 is 0. The fourth-order valence-corrected chi connectivity index (χ4v) is 2.05. The molecule has 0 saturated heterocycles. The zero-order valence-electron chi connectivity index (χ0n) is 11.7. The van der Waals surface area contributed by atoms with Gasteiger partial charge in [0.25, 0.3) is 0 Å². The van der Waals surface area contributed by atoms with E-state index in [0.29, 0.717) is 17.5 Å². The van der Waals surface area contributed by atoms with E-state index in [-0.39, 0.29) is 0 Å². The highest BCUT2D eigenvalue weighted by Crippen LogP contribution is 2.13. The van der Waals surface area contributed by atoms with Crippen LogP contribution in [0.1, 0.15) is 24.5 Å². The molecule has 0 saturated carbocycles. The van der Waals surface area contributed by atoms with Gasteiger partial charge in [0.05, 0.1) is 0 Å². The lowest BCUT2D eigenvalue weighted by Gasteiger charge is -2.14. The summed E-state index contributed by atoms with van der Waals surface area (Å²) in [4.78, 5) is 0. The molecule has 0 spiro atoms. The van der Waals surface area contributed by atoms with Gasteiger partial charge in [0.1, 0.15) is 11.5 Å². The van der Waals surface area contributed by atoms with Crippen molar-refractivity contribution in [3.05, 3.63) is 59.7 Å². The molecule has 0 aliphatic carbocycles. The Morgan fingerprint density at radius 2 is 1.35 bits per heavy atom. The van der Waals surface area contributed by atoms with Gasteiger partial charge in [-0.15, -0.1) is 0 Å². The number of phenolic OH excluding ortho intramolecular Hbond substituents is 2. The number of benzene rings is 2. The Labute approximate surface area is 119 Å². The van der Waals surface area contributed by atoms with Crippen LogP contribution >= 0.6 is 0 Å². The van der Waals surface area contributed by atoms with Crippen LogP contribution in [0.5, 0.6) is 11.5 Å². The summed E-state index contributed by atoms with van der Waals surface area (Å²) < 4.78 is 0. The van der Waals surface area contributed by atoms with Gasteiger partial charge in [-0.25, -0.2) is 0 Å². The van der Waals surface area contributed by atoms with Gasteiger partial charge in [0.15, 0.2) is 0 Å². The van der Waals surface area contributed by atoms with E-state index in [2.05, 4.69) is 12.2 Å². The van der Waals surface area contributed by atoms with Crippen LogP contribution < -0.4 is 5.32 Å². The van der Waals surface area contributed by atoms with Crippen LogP contribution in [-0.4, -0.2) is 16.3 Å². The molecule has 0 radical (unpaired) electrons. The zero-order chi connectivity index (χ0) is 14.4. The van der Waals surface area contributed by atoms with Crippen LogP contribution in [0.3, 0.4) is 0 Å². The van der Waals surface area contributed by atoms with Crippen LogP contribution in [0.15, 0.2) is 48.5 Å². The number of nitrogens with one attached hydrogen (secondary N) is 1. The number of phenols is 2. The number of rotatable bonds is 6. The van der Waals surface area contributed by atoms with Crippen LogP contribution in [0.2, 0.25) is 0 Å². The lowest BCUT2D eigenvalue weighted by Crippen LogP contribution is -2.25. The Kier molecular flexibility index (Phi) is 5.02. The third kappa shape index (κ3) is 4.59. The fraction of sp³-hybridized carbons (Fsp3) is 0.294. The molecule has 2 aromatic rings. The lowest BCUT2D eigenvalue weighted by molar-refractivity contribution is 0.474. The number of aryl methyl sites for hydroxylation is 1. The van der Waals surface area contributed by atoms with Gasteiger partial charge in [0, 0.05) is 12.6 Å². The predicted octanol–water partition coefficient (Wildman–Crippen LogP) is 3.21. The average Bonchev–Trinajstić information content (AvgIpc) is 2.46. The second-order valence-electron chi connectivity index (χ2n) is 5.15. The first-order valence-electron chi connectivity index (χ1n) is 6.92. The molecule has 2 rings (SSSR count). The molecule has 0 aromatic heterocycles. The third-order valence-electron chi connectivity index (χ3n) is 3.39. The van der Waals surface area contributed by atoms with Gasteiger partial charge < -0.3 is 15.5 Å². The van der Waals surface area contributed by atoms with Crippen molar-refractivity contribution in [2.45, 2.75) is 32.4 Å². The number of hydrogen-bond donors (Lipinski definition) is 3. The Balaban J connectivity index is 1.73. The molecule has 20 heavy (non-hydrogen) atoms. The molecule has 2 aromatic carbocycles. The first-order chi connectivity index (χ1) is 9.63. The van der Waals surface area contributed by atoms with Gasteiger partial charge in [-0.3, -0.25) is 0 Å². The highest BCUT2D eigenvalue weighted by atomic mass is 16.3. The highest BCUT2D eigenvalue weighted by Gasteiger charge is 2.03. The van der Waals surface area contributed by atoms with E-state index in [4.69, 9.17) is 0 Å². The molecule has 106 valence electrons. The summed E-state index contributed by atoms with van der Waals surface area (Å²) in [6.07, 6.45) is 2.03. The van der Waals surface area contributed by atoms with E-state index < -0.39 is 0 Å². The molecule has 0 fully saturated rings. The first kappa shape index (κ1) is 14.4. The van der Waals surface area contributed by atoms with Gasteiger partial charge in [-0.2, -0.15) is 0 Å². The first-order valence-corrected chi connectivity index (χ1v) is 6.92. The molecule has 3 N–H and O–H groups in total. The van der Waals surface area contributed by atoms with E-state index in [9.17, 15) is 10.2 Å². The van der Waals surface area contributed by atoms with Gasteiger partial charge in [0.2, 0.25) is 0 Å². The van der Waals surface area contributed by atoms with Crippen molar-refractivity contribution in [3.8, 4) is 11.5 Å². The molecule has 0 aliphatic rings. The molecule has 0 bridgehead atoms. The van der Waals surface area contributed by atoms with Gasteiger partial charge in [-0.1, -0.05) is 24.3 Å². The summed E-state index contributed by atoms with van der Waals surface area (Å²) in [7, 11) is 0. The molecule has 0 heterocycles. The molecule has 3 nitrogen and oxygen atoms in total. The Bertz CT molecular complexity index is 470. The summed E-state index contributed by atoms with van der Waals surface area (Å²) in [5.41, 5.74) is 2.40. The topological polar surface area (TPSA) is 52.5 Å². The van der Waals surface area contributed by atoms with Gasteiger partial charge >= 0.3 is 0 Å². The molecular weight excluding hydrogens is 250 g/mol. The summed E-state index contributed by atoms with van der Waals surface area (Å²) in [5.74, 6) is 0.612. The predicted molar refractivity (Wildman–Crippen MR) is 80.8 cm³/mol. The Morgan fingerprint density at radius 3 is 1.90 bits per heavy atom. The second-order valence-corrected chi connectivity index (χ2v) is 5.15. The van der Waals surface area contributed by atoms with E-state index >= 15 is 0 Å². The summed E-state index contributed by atoms with van der Waals surface area (Å²) in [5, 5.41) is 21.9. The van der Waals surface area contributed by atoms with Crippen molar-refractivity contribution in [1.82, 2.24) is 5.32 Å². The van der Waals surface area contributed by atoms with Crippen molar-refractivity contribution >= 4 is 0 Å². The molecule has 0 amide bonds. The zero-order valence-corrected chi connectivity index (χ0v) is 11.7. The third-order valence-corrected chi connectivity index (χ3v) is 3.39. The normalized spacial score (nSPS) is 12.2. The molecular formula is C17H21NO2. The van der Waals surface area contributed by atoms with E-state index in [1.165, 1.54) is 11.1 Å². The summed E-state index contributed by atoms with van der Waals surface area (Å²) in [6, 6.07) is 15.1. The van der Waals surface area contributed by atoms with Crippen molar-refractivity contribution in [2.24, 2.45) is 0 Å². The maximum absolute atomic E-state index is 9.23. The maximum Gasteiger partial charge on any atom is 0.115 e. The Hall–Kier alpha value is -2.00. The number of hydrogen-bond acceptors (Lipinski definition) is 3. The minimum Gasteiger partial charge on any atom is -0.508 e.